The first-order valence-electron chi connectivity index (χ1n) is 19.5. The molecule has 0 aliphatic rings. The molecule has 0 spiro atoms. The zero-order valence-corrected chi connectivity index (χ0v) is 36.5. The molecule has 6 aromatic carbocycles. The summed E-state index contributed by atoms with van der Waals surface area (Å²) < 4.78 is 207. The molecular formula is C45H37F12N4O6P. The van der Waals surface area contributed by atoms with Crippen molar-refractivity contribution in [3.8, 4) is 34.5 Å². The van der Waals surface area contributed by atoms with Gasteiger partial charge in [0.2, 0.25) is 7.51 Å². The number of halogens is 12. The van der Waals surface area contributed by atoms with Crippen LogP contribution in [0.5, 0.6) is 34.5 Å². The minimum absolute atomic E-state index is 0.272. The van der Waals surface area contributed by atoms with E-state index in [1.165, 1.54) is 37.5 Å². The molecule has 362 valence electrons. The van der Waals surface area contributed by atoms with Crippen LogP contribution in [-0.4, -0.2) is 54.7 Å². The first-order chi connectivity index (χ1) is 31.9. The molecule has 0 saturated carbocycles. The quantitative estimate of drug-likeness (QED) is 0.0384. The molecule has 0 saturated heterocycles. The second kappa shape index (κ2) is 20.3. The highest BCUT2D eigenvalue weighted by Crippen LogP contribution is 2.62. The maximum atomic E-state index is 14.6. The SMILES string of the molecule is CN(C)P(=NOc1cccc(C(F)(F)F)c1)(N(C)C)N(C(Oc1ccc(F)cc1)Oc1ccc(F)cc1)C(Oc1ccc(F)cc1)(Oc1cccc(C(F)(F)F)c1)Oc1cccc(C(F)(F)F)c1. The van der Waals surface area contributed by atoms with Crippen LogP contribution in [0.3, 0.4) is 0 Å². The van der Waals surface area contributed by atoms with Crippen molar-refractivity contribution in [1.29, 1.82) is 0 Å². The van der Waals surface area contributed by atoms with Crippen LogP contribution in [0.4, 0.5) is 52.7 Å². The Balaban J connectivity index is 1.80. The minimum Gasteiger partial charge on any atom is -0.441 e. The highest BCUT2D eigenvalue weighted by molar-refractivity contribution is 7.59. The van der Waals surface area contributed by atoms with Crippen LogP contribution in [-0.2, 0) is 18.5 Å². The fourth-order valence-electron chi connectivity index (χ4n) is 6.19. The summed E-state index contributed by atoms with van der Waals surface area (Å²) in [5.41, 5.74) is -3.83. The van der Waals surface area contributed by atoms with E-state index in [1.807, 2.05) is 0 Å². The molecule has 6 rings (SSSR count). The van der Waals surface area contributed by atoms with Gasteiger partial charge < -0.3 is 28.5 Å². The van der Waals surface area contributed by atoms with Crippen molar-refractivity contribution < 1.29 is 81.2 Å². The molecule has 10 nitrogen and oxygen atoms in total. The first-order valence-corrected chi connectivity index (χ1v) is 21.1. The van der Waals surface area contributed by atoms with Crippen LogP contribution in [0, 0.1) is 17.5 Å². The molecule has 0 fully saturated rings. The van der Waals surface area contributed by atoms with Crippen LogP contribution in [0.15, 0.2) is 151 Å². The summed E-state index contributed by atoms with van der Waals surface area (Å²) in [6.07, 6.45) is -20.8. The van der Waals surface area contributed by atoms with Gasteiger partial charge in [-0.15, -0.1) is 0 Å². The number of hydrogen-bond acceptors (Lipinski definition) is 7. The average molecular weight is 989 g/mol. The molecule has 0 heterocycles. The summed E-state index contributed by atoms with van der Waals surface area (Å²) in [5, 5.41) is 0. The fraction of sp³-hybridized carbons (Fsp3) is 0.200. The van der Waals surface area contributed by atoms with Gasteiger partial charge in [-0.05, 0) is 156 Å². The molecule has 0 aliphatic heterocycles. The maximum Gasteiger partial charge on any atom is 0.507 e. The lowest BCUT2D eigenvalue weighted by Crippen LogP contribution is -2.67. The average Bonchev–Trinajstić information content (AvgIpc) is 3.26. The molecule has 0 unspecified atom stereocenters. The number of rotatable bonds is 17. The summed E-state index contributed by atoms with van der Waals surface area (Å²) in [6.45, 7) is 0. The lowest BCUT2D eigenvalue weighted by atomic mass is 10.2. The van der Waals surface area contributed by atoms with Crippen LogP contribution in [0.25, 0.3) is 0 Å². The van der Waals surface area contributed by atoms with Crippen molar-refractivity contribution in [3.05, 3.63) is 180 Å². The third-order valence-electron chi connectivity index (χ3n) is 9.24. The Kier molecular flexibility index (Phi) is 15.2. The Bertz CT molecular complexity index is 2570. The van der Waals surface area contributed by atoms with E-state index in [-0.39, 0.29) is 11.5 Å². The van der Waals surface area contributed by atoms with Crippen molar-refractivity contribution in [3.63, 3.8) is 0 Å². The Morgan fingerprint density at radius 3 is 1.10 bits per heavy atom. The molecular weight excluding hydrogens is 951 g/mol. The molecule has 6 aromatic rings. The van der Waals surface area contributed by atoms with Crippen molar-refractivity contribution in [2.24, 2.45) is 4.91 Å². The lowest BCUT2D eigenvalue weighted by Gasteiger charge is -2.50. The molecule has 0 aromatic heterocycles. The minimum atomic E-state index is -5.04. The van der Waals surface area contributed by atoms with Crippen molar-refractivity contribution in [1.82, 2.24) is 14.0 Å². The number of alkyl halides is 9. The number of hydrogen-bond donors (Lipinski definition) is 0. The molecule has 23 heteroatoms. The van der Waals surface area contributed by atoms with Gasteiger partial charge in [0.25, 0.3) is 0 Å². The first kappa shape index (κ1) is 50.8. The molecule has 68 heavy (non-hydrogen) atoms. The normalized spacial score (nSPS) is 12.6. The van der Waals surface area contributed by atoms with E-state index in [2.05, 4.69) is 4.91 Å². The van der Waals surface area contributed by atoms with Gasteiger partial charge in [-0.3, -0.25) is 0 Å². The molecule has 0 amide bonds. The number of ether oxygens (including phenoxy) is 5. The number of benzene rings is 6. The van der Waals surface area contributed by atoms with E-state index < -0.39 is 95.7 Å². The summed E-state index contributed by atoms with van der Waals surface area (Å²) in [4.78, 5) is 10.3. The molecule has 0 bridgehead atoms. The zero-order valence-electron chi connectivity index (χ0n) is 35.7. The Morgan fingerprint density at radius 1 is 0.426 bits per heavy atom. The Morgan fingerprint density at radius 2 is 0.750 bits per heavy atom. The van der Waals surface area contributed by atoms with Gasteiger partial charge in [0, 0.05) is 0 Å². The fourth-order valence-corrected chi connectivity index (χ4v) is 9.05. The smallest absolute Gasteiger partial charge is 0.441 e. The maximum absolute atomic E-state index is 14.6. The predicted molar refractivity (Wildman–Crippen MR) is 222 cm³/mol. The van der Waals surface area contributed by atoms with Gasteiger partial charge in [0.15, 0.2) is 5.75 Å². The van der Waals surface area contributed by atoms with Crippen molar-refractivity contribution in [2.75, 3.05) is 28.2 Å². The highest BCUT2D eigenvalue weighted by Gasteiger charge is 2.62. The predicted octanol–water partition coefficient (Wildman–Crippen LogP) is 13.1. The van der Waals surface area contributed by atoms with Crippen LogP contribution >= 0.6 is 7.51 Å². The zero-order chi connectivity index (χ0) is 49.7. The third kappa shape index (κ3) is 12.3. The van der Waals surface area contributed by atoms with Gasteiger partial charge in [-0.2, -0.15) is 39.5 Å². The van der Waals surface area contributed by atoms with Gasteiger partial charge >= 0.3 is 31.0 Å². The van der Waals surface area contributed by atoms with Gasteiger partial charge in [-0.25, -0.2) is 22.5 Å². The number of nitrogens with zero attached hydrogens (tertiary/aromatic N) is 4. The van der Waals surface area contributed by atoms with Gasteiger partial charge in [-0.1, -0.05) is 27.8 Å². The van der Waals surface area contributed by atoms with Crippen LogP contribution in [0.1, 0.15) is 16.7 Å². The van der Waals surface area contributed by atoms with E-state index in [9.17, 15) is 52.7 Å². The second-order valence-corrected chi connectivity index (χ2v) is 17.8. The van der Waals surface area contributed by atoms with E-state index in [0.29, 0.717) is 30.3 Å². The standard InChI is InChI=1S/C45H37F12N4O6P/c1-59(2)68(60(3)4,58-67-40-13-7-10-31(28-40)44(55,56)57)61(41(62-35-20-14-32(46)15-21-35)63-36-22-16-33(47)17-23-36)45(64-37-24-18-34(48)19-25-37,65-38-11-5-8-29(26-38)42(49,50)51)66-39-12-6-9-30(27-39)43(52,53)54/h5-28,41H,1-4H3. The van der Waals surface area contributed by atoms with E-state index in [1.54, 1.807) is 0 Å². The third-order valence-corrected chi connectivity index (χ3v) is 12.7. The van der Waals surface area contributed by atoms with Crippen LogP contribution < -0.4 is 28.5 Å². The molecule has 0 radical (unpaired) electrons. The summed E-state index contributed by atoms with van der Waals surface area (Å²) in [5.74, 6) is -5.51. The summed E-state index contributed by atoms with van der Waals surface area (Å²) in [6, 6.07) is 21.2. The Labute approximate surface area is 380 Å². The van der Waals surface area contributed by atoms with Gasteiger partial charge in [0.05, 0.1) is 16.7 Å². The van der Waals surface area contributed by atoms with E-state index in [4.69, 9.17) is 28.5 Å². The van der Waals surface area contributed by atoms with Crippen LogP contribution in [0.2, 0.25) is 0 Å². The largest absolute Gasteiger partial charge is 0.507 e. The van der Waals surface area contributed by atoms with Crippen molar-refractivity contribution >= 4 is 7.51 Å². The summed E-state index contributed by atoms with van der Waals surface area (Å²) >= 11 is 0. The molecule has 0 aliphatic carbocycles. The Hall–Kier alpha value is -6.61. The van der Waals surface area contributed by atoms with Gasteiger partial charge in [0.1, 0.15) is 46.2 Å². The molecule has 0 atom stereocenters. The van der Waals surface area contributed by atoms with E-state index >= 15 is 0 Å². The topological polar surface area (TPSA) is 77.5 Å². The highest BCUT2D eigenvalue weighted by atomic mass is 31.2. The summed E-state index contributed by atoms with van der Waals surface area (Å²) in [7, 11) is 0.671. The molecule has 0 N–H and O–H groups in total. The van der Waals surface area contributed by atoms with E-state index in [0.717, 1.165) is 120 Å². The lowest BCUT2D eigenvalue weighted by molar-refractivity contribution is -0.353. The monoisotopic (exact) mass is 988 g/mol. The second-order valence-electron chi connectivity index (χ2n) is 14.6. The van der Waals surface area contributed by atoms with Crippen molar-refractivity contribution in [2.45, 2.75) is 31.0 Å².